The molecule has 0 saturated heterocycles. The predicted octanol–water partition coefficient (Wildman–Crippen LogP) is 2.35. The second kappa shape index (κ2) is 4.23. The maximum atomic E-state index is 11.3. The Kier molecular flexibility index (Phi) is 2.95. The number of amides is 1. The van der Waals surface area contributed by atoms with Crippen molar-refractivity contribution in [2.75, 3.05) is 7.05 Å². The van der Waals surface area contributed by atoms with Gasteiger partial charge in [0.2, 0.25) is 0 Å². The fourth-order valence-electron chi connectivity index (χ4n) is 1.25. The summed E-state index contributed by atoms with van der Waals surface area (Å²) in [6.07, 6.45) is 2.62. The van der Waals surface area contributed by atoms with Crippen LogP contribution in [-0.4, -0.2) is 19.1 Å². The Bertz CT molecular complexity index is 388. The van der Waals surface area contributed by atoms with Gasteiger partial charge in [0.25, 0.3) is 5.91 Å². The zero-order chi connectivity index (χ0) is 10.8. The maximum Gasteiger partial charge on any atom is 0.251 e. The number of ether oxygens (including phenoxy) is 1. The zero-order valence-corrected chi connectivity index (χ0v) is 10.0. The molecule has 1 saturated carbocycles. The van der Waals surface area contributed by atoms with E-state index in [0.29, 0.717) is 11.7 Å². The van der Waals surface area contributed by atoms with Crippen LogP contribution in [0.4, 0.5) is 0 Å². The molecule has 1 aliphatic carbocycles. The number of hydrogen-bond donors (Lipinski definition) is 1. The molecule has 0 aromatic heterocycles. The number of rotatable bonds is 3. The molecular formula is C11H12BrNO2. The van der Waals surface area contributed by atoms with Crippen LogP contribution in [0, 0.1) is 0 Å². The van der Waals surface area contributed by atoms with Crippen molar-refractivity contribution < 1.29 is 9.53 Å². The van der Waals surface area contributed by atoms with Gasteiger partial charge in [0.1, 0.15) is 5.75 Å². The van der Waals surface area contributed by atoms with E-state index in [1.165, 1.54) is 0 Å². The molecule has 15 heavy (non-hydrogen) atoms. The van der Waals surface area contributed by atoms with E-state index in [4.69, 9.17) is 4.74 Å². The molecule has 0 atom stereocenters. The van der Waals surface area contributed by atoms with E-state index < -0.39 is 0 Å². The van der Waals surface area contributed by atoms with Crippen LogP contribution in [0.3, 0.4) is 0 Å². The van der Waals surface area contributed by atoms with E-state index in [9.17, 15) is 4.79 Å². The molecule has 0 heterocycles. The van der Waals surface area contributed by atoms with Crippen molar-refractivity contribution in [1.82, 2.24) is 5.32 Å². The molecule has 0 bridgehead atoms. The molecule has 0 unspecified atom stereocenters. The summed E-state index contributed by atoms with van der Waals surface area (Å²) in [4.78, 5) is 11.3. The minimum Gasteiger partial charge on any atom is -0.489 e. The molecule has 1 fully saturated rings. The van der Waals surface area contributed by atoms with Crippen molar-refractivity contribution in [2.24, 2.45) is 0 Å². The molecule has 1 aromatic rings. The molecule has 0 radical (unpaired) electrons. The van der Waals surface area contributed by atoms with Gasteiger partial charge in [-0.05, 0) is 47.0 Å². The van der Waals surface area contributed by atoms with Crippen LogP contribution in [0.25, 0.3) is 0 Å². The van der Waals surface area contributed by atoms with E-state index in [-0.39, 0.29) is 5.91 Å². The highest BCUT2D eigenvalue weighted by molar-refractivity contribution is 9.10. The van der Waals surface area contributed by atoms with E-state index in [0.717, 1.165) is 23.1 Å². The lowest BCUT2D eigenvalue weighted by atomic mass is 10.2. The maximum absolute atomic E-state index is 11.3. The number of nitrogens with one attached hydrogen (secondary N) is 1. The summed E-state index contributed by atoms with van der Waals surface area (Å²) in [7, 11) is 1.62. The molecule has 0 spiro atoms. The first-order chi connectivity index (χ1) is 7.20. The molecule has 1 amide bonds. The van der Waals surface area contributed by atoms with Gasteiger partial charge in [0.05, 0.1) is 10.6 Å². The van der Waals surface area contributed by atoms with Crippen molar-refractivity contribution in [3.63, 3.8) is 0 Å². The molecule has 80 valence electrons. The Labute approximate surface area is 96.9 Å². The monoisotopic (exact) mass is 269 g/mol. The van der Waals surface area contributed by atoms with E-state index in [2.05, 4.69) is 21.2 Å². The molecule has 0 aliphatic heterocycles. The number of carbonyl (C=O) groups excluding carboxylic acids is 1. The van der Waals surface area contributed by atoms with Crippen LogP contribution in [0.2, 0.25) is 0 Å². The van der Waals surface area contributed by atoms with Crippen LogP contribution in [-0.2, 0) is 0 Å². The van der Waals surface area contributed by atoms with Crippen LogP contribution in [0.1, 0.15) is 23.2 Å². The first kappa shape index (κ1) is 10.5. The standard InChI is InChI=1S/C11H12BrNO2/c1-13-11(14)7-2-5-10(9(12)6-7)15-8-3-4-8/h2,5-6,8H,3-4H2,1H3,(H,13,14). The number of hydrogen-bond acceptors (Lipinski definition) is 2. The number of benzene rings is 1. The summed E-state index contributed by atoms with van der Waals surface area (Å²) in [5, 5.41) is 2.58. The van der Waals surface area contributed by atoms with Crippen LogP contribution in [0.5, 0.6) is 5.75 Å². The predicted molar refractivity (Wildman–Crippen MR) is 61.2 cm³/mol. The van der Waals surface area contributed by atoms with E-state index >= 15 is 0 Å². The van der Waals surface area contributed by atoms with Crippen molar-refractivity contribution in [3.8, 4) is 5.75 Å². The molecule has 1 aromatic carbocycles. The van der Waals surface area contributed by atoms with Gasteiger partial charge >= 0.3 is 0 Å². The molecule has 2 rings (SSSR count). The van der Waals surface area contributed by atoms with Gasteiger partial charge in [-0.3, -0.25) is 4.79 Å². The Morgan fingerprint density at radius 3 is 2.80 bits per heavy atom. The van der Waals surface area contributed by atoms with Crippen LogP contribution >= 0.6 is 15.9 Å². The third-order valence-corrected chi connectivity index (χ3v) is 2.86. The van der Waals surface area contributed by atoms with Crippen LogP contribution < -0.4 is 10.1 Å². The van der Waals surface area contributed by atoms with Gasteiger partial charge in [-0.25, -0.2) is 0 Å². The second-order valence-corrected chi connectivity index (χ2v) is 4.40. The largest absolute Gasteiger partial charge is 0.489 e. The first-order valence-corrected chi connectivity index (χ1v) is 5.68. The Morgan fingerprint density at radius 1 is 1.53 bits per heavy atom. The highest BCUT2D eigenvalue weighted by Gasteiger charge is 2.24. The SMILES string of the molecule is CNC(=O)c1ccc(OC2CC2)c(Br)c1. The fourth-order valence-corrected chi connectivity index (χ4v) is 1.72. The van der Waals surface area contributed by atoms with E-state index in [1.54, 1.807) is 19.2 Å². The van der Waals surface area contributed by atoms with Gasteiger partial charge in [-0.15, -0.1) is 0 Å². The quantitative estimate of drug-likeness (QED) is 0.915. The average Bonchev–Trinajstić information content (AvgIpc) is 3.04. The van der Waals surface area contributed by atoms with Gasteiger partial charge < -0.3 is 10.1 Å². The lowest BCUT2D eigenvalue weighted by Gasteiger charge is -2.08. The summed E-state index contributed by atoms with van der Waals surface area (Å²) < 4.78 is 6.48. The Hall–Kier alpha value is -1.03. The highest BCUT2D eigenvalue weighted by Crippen LogP contribution is 2.32. The topological polar surface area (TPSA) is 38.3 Å². The second-order valence-electron chi connectivity index (χ2n) is 3.54. The summed E-state index contributed by atoms with van der Waals surface area (Å²) in [5.41, 5.74) is 0.632. The molecule has 3 nitrogen and oxygen atoms in total. The van der Waals surface area contributed by atoms with Gasteiger partial charge in [-0.1, -0.05) is 0 Å². The van der Waals surface area contributed by atoms with Gasteiger partial charge in [0, 0.05) is 12.6 Å². The number of carbonyl (C=O) groups is 1. The fraction of sp³-hybridized carbons (Fsp3) is 0.364. The lowest BCUT2D eigenvalue weighted by Crippen LogP contribution is -2.17. The minimum absolute atomic E-state index is 0.0892. The minimum atomic E-state index is -0.0892. The summed E-state index contributed by atoms with van der Waals surface area (Å²) in [6.45, 7) is 0. The third-order valence-electron chi connectivity index (χ3n) is 2.24. The summed E-state index contributed by atoms with van der Waals surface area (Å²) in [5.74, 6) is 0.721. The Morgan fingerprint density at radius 2 is 2.27 bits per heavy atom. The summed E-state index contributed by atoms with van der Waals surface area (Å²) in [6, 6.07) is 5.37. The van der Waals surface area contributed by atoms with Crippen molar-refractivity contribution in [1.29, 1.82) is 0 Å². The normalized spacial score (nSPS) is 14.8. The first-order valence-electron chi connectivity index (χ1n) is 4.89. The summed E-state index contributed by atoms with van der Waals surface area (Å²) >= 11 is 3.40. The molecule has 1 N–H and O–H groups in total. The third kappa shape index (κ3) is 2.50. The molecule has 1 aliphatic rings. The van der Waals surface area contributed by atoms with Crippen molar-refractivity contribution in [2.45, 2.75) is 18.9 Å². The van der Waals surface area contributed by atoms with E-state index in [1.807, 2.05) is 6.07 Å². The van der Waals surface area contributed by atoms with Crippen molar-refractivity contribution in [3.05, 3.63) is 28.2 Å². The molecular weight excluding hydrogens is 258 g/mol. The average molecular weight is 270 g/mol. The Balaban J connectivity index is 2.17. The van der Waals surface area contributed by atoms with Gasteiger partial charge in [0.15, 0.2) is 0 Å². The smallest absolute Gasteiger partial charge is 0.251 e. The highest BCUT2D eigenvalue weighted by atomic mass is 79.9. The van der Waals surface area contributed by atoms with Crippen LogP contribution in [0.15, 0.2) is 22.7 Å². The molecule has 4 heteroatoms. The number of halogens is 1. The zero-order valence-electron chi connectivity index (χ0n) is 8.42. The van der Waals surface area contributed by atoms with Gasteiger partial charge in [-0.2, -0.15) is 0 Å². The van der Waals surface area contributed by atoms with Crippen molar-refractivity contribution >= 4 is 21.8 Å². The lowest BCUT2D eigenvalue weighted by molar-refractivity contribution is 0.0963.